The highest BCUT2D eigenvalue weighted by Crippen LogP contribution is 2.47. The van der Waals surface area contributed by atoms with Gasteiger partial charge in [-0.3, -0.25) is 14.1 Å². The van der Waals surface area contributed by atoms with Crippen molar-refractivity contribution in [3.8, 4) is 11.8 Å². The molecule has 5 N–H and O–H groups in total. The number of anilines is 1. The lowest BCUT2D eigenvalue weighted by molar-refractivity contribution is -0.157. The Morgan fingerprint density at radius 1 is 1.08 bits per heavy atom. The van der Waals surface area contributed by atoms with Crippen LogP contribution in [0.1, 0.15) is 63.5 Å². The second kappa shape index (κ2) is 14.8. The zero-order valence-corrected chi connectivity index (χ0v) is 27.5. The molecule has 2 aliphatic carbocycles. The van der Waals surface area contributed by atoms with Crippen LogP contribution in [0.4, 0.5) is 5.82 Å². The molecule has 1 saturated heterocycles. The largest absolute Gasteiger partial charge is 0.462 e. The fraction of sp³-hybridized carbons (Fsp3) is 0.531. The number of aliphatic hydroxyl groups excluding tert-OH is 2. The van der Waals surface area contributed by atoms with Crippen LogP contribution in [0.2, 0.25) is 0 Å². The number of benzene rings is 1. The number of nitrogen functional groups attached to an aromatic ring is 1. The molecule has 0 spiro atoms. The molecule has 3 fully saturated rings. The van der Waals surface area contributed by atoms with Crippen LogP contribution >= 0.6 is 7.75 Å². The summed E-state index contributed by atoms with van der Waals surface area (Å²) >= 11 is 0. The van der Waals surface area contributed by atoms with Gasteiger partial charge in [0.2, 0.25) is 5.60 Å². The van der Waals surface area contributed by atoms with Crippen LogP contribution in [0.3, 0.4) is 0 Å². The smallest absolute Gasteiger partial charge is 0.459 e. The van der Waals surface area contributed by atoms with Crippen molar-refractivity contribution in [3.63, 3.8) is 0 Å². The van der Waals surface area contributed by atoms with Gasteiger partial charge in [0.25, 0.3) is 0 Å². The van der Waals surface area contributed by atoms with E-state index >= 15 is 0 Å². The Labute approximate surface area is 282 Å². The summed E-state index contributed by atoms with van der Waals surface area (Å²) in [4.78, 5) is 30.4. The molecule has 17 heteroatoms. The average Bonchev–Trinajstić information content (AvgIpc) is 3.91. The Bertz CT molecular complexity index is 1720. The van der Waals surface area contributed by atoms with Crippen molar-refractivity contribution in [2.45, 2.75) is 100.0 Å². The Morgan fingerprint density at radius 2 is 1.76 bits per heavy atom. The highest BCUT2D eigenvalue weighted by atomic mass is 31.2. The third-order valence-electron chi connectivity index (χ3n) is 9.02. The number of fused-ring (bicyclic) bond motifs is 1. The molecular formula is C32H39N6O10P. The van der Waals surface area contributed by atoms with E-state index in [4.69, 9.17) is 29.0 Å². The van der Waals surface area contributed by atoms with E-state index in [9.17, 15) is 29.6 Å². The number of carbonyl (C=O) groups is 2. The Hall–Kier alpha value is -4.10. The maximum absolute atomic E-state index is 14.5. The van der Waals surface area contributed by atoms with Crippen molar-refractivity contribution in [2.75, 3.05) is 12.3 Å². The minimum absolute atomic E-state index is 0.0606. The van der Waals surface area contributed by atoms with Crippen molar-refractivity contribution in [1.82, 2.24) is 19.7 Å². The fourth-order valence-electron chi connectivity index (χ4n) is 6.46. The number of rotatable bonds is 13. The number of para-hydroxylation sites is 1. The maximum atomic E-state index is 14.5. The van der Waals surface area contributed by atoms with Crippen molar-refractivity contribution < 1.29 is 47.6 Å². The first-order valence-corrected chi connectivity index (χ1v) is 17.9. The molecule has 49 heavy (non-hydrogen) atoms. The van der Waals surface area contributed by atoms with Crippen LogP contribution in [-0.2, 0) is 38.5 Å². The van der Waals surface area contributed by atoms with E-state index in [0.717, 1.165) is 32.0 Å². The van der Waals surface area contributed by atoms with Gasteiger partial charge in [-0.05, 0) is 75.6 Å². The first-order chi connectivity index (χ1) is 23.6. The van der Waals surface area contributed by atoms with Gasteiger partial charge in [0, 0.05) is 0 Å². The average molecular weight is 699 g/mol. The number of esters is 2. The molecule has 2 aromatic heterocycles. The summed E-state index contributed by atoms with van der Waals surface area (Å²) in [5.74, 6) is -1.29. The van der Waals surface area contributed by atoms with Gasteiger partial charge < -0.3 is 34.7 Å². The number of hydrogen-bond donors (Lipinski definition) is 4. The van der Waals surface area contributed by atoms with Crippen molar-refractivity contribution in [2.24, 2.45) is 0 Å². The van der Waals surface area contributed by atoms with E-state index in [1.54, 1.807) is 18.2 Å². The molecule has 16 nitrogen and oxygen atoms in total. The summed E-state index contributed by atoms with van der Waals surface area (Å²) in [6, 6.07) is 11.4. The minimum Gasteiger partial charge on any atom is -0.462 e. The molecule has 3 aromatic rings. The van der Waals surface area contributed by atoms with Crippen LogP contribution < -0.4 is 15.3 Å². The topological polar surface area (TPSA) is 230 Å². The predicted octanol–water partition coefficient (Wildman–Crippen LogP) is 2.67. The predicted molar refractivity (Wildman–Crippen MR) is 170 cm³/mol. The van der Waals surface area contributed by atoms with Gasteiger partial charge in [0.1, 0.15) is 60.2 Å². The summed E-state index contributed by atoms with van der Waals surface area (Å²) in [6.45, 7) is -0.684. The Morgan fingerprint density at radius 3 is 2.43 bits per heavy atom. The highest BCUT2D eigenvalue weighted by Gasteiger charge is 2.58. The van der Waals surface area contributed by atoms with E-state index < -0.39 is 62.7 Å². The standard InChI is InChI=1S/C32H39N6O10P/c33-18-32(26-15-14-24-30(34)35-19-36-38(24)26)29(41)28(40)25(47-32)17-44-49(43,48-22-12-2-1-3-13-22)37-23(31(42)46-21-10-6-7-11-21)16-27(39)45-20-8-4-5-9-20/h1-3,12-15,19-21,23,25,28-29,40-41H,4-11,16-17H2,(H,37,43)(H2,34,35,36)/t23-,25+,28+,29+,32-,49-/m0/s1. The summed E-state index contributed by atoms with van der Waals surface area (Å²) in [7, 11) is -4.60. The molecule has 0 radical (unpaired) electrons. The fourth-order valence-corrected chi connectivity index (χ4v) is 7.96. The van der Waals surface area contributed by atoms with Gasteiger partial charge in [0.05, 0.1) is 18.7 Å². The van der Waals surface area contributed by atoms with E-state index in [-0.39, 0.29) is 29.5 Å². The van der Waals surface area contributed by atoms with E-state index in [0.29, 0.717) is 31.2 Å². The van der Waals surface area contributed by atoms with Crippen LogP contribution in [0, 0.1) is 11.3 Å². The summed E-state index contributed by atoms with van der Waals surface area (Å²) in [5.41, 5.74) is 4.19. The summed E-state index contributed by atoms with van der Waals surface area (Å²) in [5, 5.41) is 39.2. The molecule has 2 saturated carbocycles. The van der Waals surface area contributed by atoms with Gasteiger partial charge >= 0.3 is 19.7 Å². The van der Waals surface area contributed by atoms with Crippen LogP contribution in [0.5, 0.6) is 5.75 Å². The molecule has 1 aromatic carbocycles. The first kappa shape index (κ1) is 34.8. The lowest BCUT2D eigenvalue weighted by atomic mass is 9.92. The van der Waals surface area contributed by atoms with Gasteiger partial charge in [0.15, 0.2) is 5.82 Å². The molecule has 3 heterocycles. The molecular weight excluding hydrogens is 659 g/mol. The number of nitrogens with zero attached hydrogens (tertiary/aromatic N) is 4. The monoisotopic (exact) mass is 698 g/mol. The number of aromatic nitrogens is 3. The Balaban J connectivity index is 1.24. The normalized spacial score (nSPS) is 26.3. The molecule has 0 unspecified atom stereocenters. The third kappa shape index (κ3) is 7.57. The van der Waals surface area contributed by atoms with Crippen LogP contribution in [0.15, 0.2) is 48.8 Å². The van der Waals surface area contributed by atoms with Gasteiger partial charge in [-0.15, -0.1) is 0 Å². The molecule has 1 aliphatic heterocycles. The minimum atomic E-state index is -4.60. The summed E-state index contributed by atoms with van der Waals surface area (Å²) in [6.07, 6.45) is 1.47. The number of hydrogen-bond acceptors (Lipinski definition) is 14. The number of carbonyl (C=O) groups excluding carboxylic acids is 2. The van der Waals surface area contributed by atoms with E-state index in [1.807, 2.05) is 6.07 Å². The molecule has 6 atom stereocenters. The van der Waals surface area contributed by atoms with Gasteiger partial charge in [-0.1, -0.05) is 18.2 Å². The summed E-state index contributed by atoms with van der Waals surface area (Å²) < 4.78 is 44.5. The van der Waals surface area contributed by atoms with Crippen molar-refractivity contribution in [3.05, 3.63) is 54.5 Å². The number of nitriles is 1. The number of ether oxygens (including phenoxy) is 3. The maximum Gasteiger partial charge on any atom is 0.459 e. The van der Waals surface area contributed by atoms with Crippen molar-refractivity contribution in [1.29, 1.82) is 5.26 Å². The highest BCUT2D eigenvalue weighted by molar-refractivity contribution is 7.52. The van der Waals surface area contributed by atoms with E-state index in [2.05, 4.69) is 15.2 Å². The quantitative estimate of drug-likeness (QED) is 0.149. The second-order valence-corrected chi connectivity index (χ2v) is 14.1. The van der Waals surface area contributed by atoms with Crippen LogP contribution in [-0.4, -0.2) is 79.9 Å². The zero-order valence-electron chi connectivity index (χ0n) is 26.6. The number of nitrogens with two attached hydrogens (primary N) is 1. The lowest BCUT2D eigenvalue weighted by Crippen LogP contribution is -2.42. The number of nitrogens with one attached hydrogen (secondary N) is 1. The molecule has 0 amide bonds. The SMILES string of the molecule is N#C[C@@]1(c2ccc3c(N)ncnn23)O[C@H](CO[P@@](=O)(N[C@@H](CC(=O)OC2CCCC2)C(=O)OC2CCCC2)Oc2ccccc2)[C@@H](O)[C@H]1O. The Kier molecular flexibility index (Phi) is 10.5. The molecule has 6 rings (SSSR count). The lowest BCUT2D eigenvalue weighted by Gasteiger charge is -2.27. The molecule has 0 bridgehead atoms. The third-order valence-corrected chi connectivity index (χ3v) is 10.6. The molecule has 262 valence electrons. The van der Waals surface area contributed by atoms with Gasteiger partial charge in [-0.25, -0.2) is 14.1 Å². The first-order valence-electron chi connectivity index (χ1n) is 16.3. The van der Waals surface area contributed by atoms with Gasteiger partial charge in [-0.2, -0.15) is 15.4 Å². The van der Waals surface area contributed by atoms with Crippen molar-refractivity contribution >= 4 is 31.0 Å². The second-order valence-electron chi connectivity index (χ2n) is 12.4. The van der Waals surface area contributed by atoms with Crippen LogP contribution in [0.25, 0.3) is 5.52 Å². The zero-order chi connectivity index (χ0) is 34.6. The van der Waals surface area contributed by atoms with E-state index in [1.165, 1.54) is 28.8 Å². The number of aliphatic hydroxyl groups is 2. The molecule has 3 aliphatic rings.